The lowest BCUT2D eigenvalue weighted by Crippen LogP contribution is -2.14. The first-order valence-electron chi connectivity index (χ1n) is 5.93. The summed E-state index contributed by atoms with van der Waals surface area (Å²) >= 11 is 16.5. The van der Waals surface area contributed by atoms with Crippen LogP contribution in [0.5, 0.6) is 0 Å². The number of thioether (sulfide) groups is 2. The number of rotatable bonds is 6. The van der Waals surface area contributed by atoms with Gasteiger partial charge in [0.2, 0.25) is 5.91 Å². The van der Waals surface area contributed by atoms with Gasteiger partial charge in [-0.05, 0) is 17.9 Å². The monoisotopic (exact) mass is 379 g/mol. The van der Waals surface area contributed by atoms with Crippen molar-refractivity contribution in [1.82, 2.24) is 10.2 Å². The van der Waals surface area contributed by atoms with Crippen LogP contribution in [0.3, 0.4) is 0 Å². The molecular weight excluding hydrogens is 369 g/mol. The predicted molar refractivity (Wildman–Crippen MR) is 92.1 cm³/mol. The van der Waals surface area contributed by atoms with Crippen LogP contribution in [0.25, 0.3) is 0 Å². The molecule has 0 saturated carbocycles. The lowest BCUT2D eigenvalue weighted by Gasteiger charge is -2.08. The third kappa shape index (κ3) is 5.03. The number of benzene rings is 1. The van der Waals surface area contributed by atoms with Crippen LogP contribution in [0, 0.1) is 0 Å². The Morgan fingerprint density at radius 1 is 1.24 bits per heavy atom. The zero-order chi connectivity index (χ0) is 15.2. The van der Waals surface area contributed by atoms with Crippen LogP contribution in [0.1, 0.15) is 6.92 Å². The number of hydrogen-bond acceptors (Lipinski definition) is 6. The highest BCUT2D eigenvalue weighted by atomic mass is 35.5. The van der Waals surface area contributed by atoms with E-state index in [1.54, 1.807) is 30.0 Å². The first-order valence-corrected chi connectivity index (χ1v) is 9.47. The Morgan fingerprint density at radius 2 is 1.86 bits per heavy atom. The molecule has 0 fully saturated rings. The van der Waals surface area contributed by atoms with Crippen LogP contribution < -0.4 is 5.32 Å². The second kappa shape index (κ2) is 8.24. The molecule has 0 spiro atoms. The third-order valence-electron chi connectivity index (χ3n) is 2.21. The topological polar surface area (TPSA) is 54.9 Å². The van der Waals surface area contributed by atoms with E-state index in [0.717, 1.165) is 14.4 Å². The summed E-state index contributed by atoms with van der Waals surface area (Å²) in [4.78, 5) is 11.9. The number of halogens is 2. The van der Waals surface area contributed by atoms with Gasteiger partial charge in [-0.3, -0.25) is 4.79 Å². The summed E-state index contributed by atoms with van der Waals surface area (Å²) in [5.74, 6) is 0.993. The molecule has 4 nitrogen and oxygen atoms in total. The molecule has 9 heteroatoms. The van der Waals surface area contributed by atoms with Crippen molar-refractivity contribution in [2.45, 2.75) is 15.6 Å². The lowest BCUT2D eigenvalue weighted by atomic mass is 10.3. The van der Waals surface area contributed by atoms with Crippen molar-refractivity contribution in [3.63, 3.8) is 0 Å². The molecule has 1 heterocycles. The van der Waals surface area contributed by atoms with Crippen molar-refractivity contribution < 1.29 is 4.79 Å². The highest BCUT2D eigenvalue weighted by molar-refractivity contribution is 8.03. The van der Waals surface area contributed by atoms with E-state index in [9.17, 15) is 4.79 Å². The largest absolute Gasteiger partial charge is 0.323 e. The SMILES string of the molecule is CCSc1nnc(SCC(=O)Nc2c(Cl)cccc2Cl)s1. The number of hydrogen-bond donors (Lipinski definition) is 1. The molecule has 1 amide bonds. The van der Waals surface area contributed by atoms with Gasteiger partial charge in [0.15, 0.2) is 8.68 Å². The molecule has 1 aromatic heterocycles. The number of carbonyl (C=O) groups is 1. The molecule has 1 N–H and O–H groups in total. The van der Waals surface area contributed by atoms with Crippen LogP contribution in [0.4, 0.5) is 5.69 Å². The lowest BCUT2D eigenvalue weighted by molar-refractivity contribution is -0.113. The molecule has 0 saturated heterocycles. The van der Waals surface area contributed by atoms with Gasteiger partial charge in [-0.1, -0.05) is 71.1 Å². The normalized spacial score (nSPS) is 10.6. The van der Waals surface area contributed by atoms with Crippen molar-refractivity contribution in [2.24, 2.45) is 0 Å². The van der Waals surface area contributed by atoms with Crippen LogP contribution in [0.2, 0.25) is 10.0 Å². The Kier molecular flexibility index (Phi) is 6.63. The smallest absolute Gasteiger partial charge is 0.234 e. The highest BCUT2D eigenvalue weighted by Crippen LogP contribution is 2.31. The number of aromatic nitrogens is 2. The van der Waals surface area contributed by atoms with Gasteiger partial charge in [0.05, 0.1) is 21.5 Å². The molecule has 0 bridgehead atoms. The Labute approximate surface area is 145 Å². The maximum absolute atomic E-state index is 11.9. The van der Waals surface area contributed by atoms with Crippen LogP contribution in [-0.2, 0) is 4.79 Å². The third-order valence-corrected chi connectivity index (χ3v) is 5.91. The van der Waals surface area contributed by atoms with Crippen molar-refractivity contribution >= 4 is 69.7 Å². The molecule has 112 valence electrons. The summed E-state index contributed by atoms with van der Waals surface area (Å²) in [6.07, 6.45) is 0. The molecule has 0 aliphatic carbocycles. The maximum Gasteiger partial charge on any atom is 0.234 e. The van der Waals surface area contributed by atoms with E-state index in [-0.39, 0.29) is 11.7 Å². The summed E-state index contributed by atoms with van der Waals surface area (Å²) in [7, 11) is 0. The molecule has 0 unspecified atom stereocenters. The zero-order valence-corrected chi connectivity index (χ0v) is 14.9. The average Bonchev–Trinajstić information content (AvgIpc) is 2.89. The second-order valence-electron chi connectivity index (χ2n) is 3.70. The molecular formula is C12H11Cl2N3OS3. The number of para-hydroxylation sites is 1. The van der Waals surface area contributed by atoms with Gasteiger partial charge >= 0.3 is 0 Å². The summed E-state index contributed by atoms with van der Waals surface area (Å²) in [6.45, 7) is 2.06. The highest BCUT2D eigenvalue weighted by Gasteiger charge is 2.11. The van der Waals surface area contributed by atoms with E-state index in [1.807, 2.05) is 0 Å². The number of amides is 1. The standard InChI is InChI=1S/C12H11Cl2N3OS3/c1-2-19-11-16-17-12(21-11)20-6-9(18)15-10-7(13)4-3-5-8(10)14/h3-5H,2,6H2,1H3,(H,15,18). The number of carbonyl (C=O) groups excluding carboxylic acids is 1. The molecule has 0 radical (unpaired) electrons. The van der Waals surface area contributed by atoms with Crippen molar-refractivity contribution in [2.75, 3.05) is 16.8 Å². The first-order chi connectivity index (χ1) is 10.1. The molecule has 2 rings (SSSR count). The van der Waals surface area contributed by atoms with Gasteiger partial charge in [0.25, 0.3) is 0 Å². The minimum atomic E-state index is -0.185. The molecule has 0 aliphatic rings. The van der Waals surface area contributed by atoms with Crippen LogP contribution in [0.15, 0.2) is 26.9 Å². The van der Waals surface area contributed by atoms with E-state index in [0.29, 0.717) is 15.7 Å². The average molecular weight is 380 g/mol. The Bertz CT molecular complexity index is 616. The maximum atomic E-state index is 11.9. The van der Waals surface area contributed by atoms with E-state index >= 15 is 0 Å². The van der Waals surface area contributed by atoms with Gasteiger partial charge in [-0.25, -0.2) is 0 Å². The minimum Gasteiger partial charge on any atom is -0.323 e. The van der Waals surface area contributed by atoms with Crippen molar-refractivity contribution in [3.8, 4) is 0 Å². The fourth-order valence-corrected chi connectivity index (χ4v) is 4.57. The molecule has 2 aromatic rings. The fourth-order valence-electron chi connectivity index (χ4n) is 1.36. The summed E-state index contributed by atoms with van der Waals surface area (Å²) in [5.41, 5.74) is 0.436. The number of anilines is 1. The summed E-state index contributed by atoms with van der Waals surface area (Å²) in [6, 6.07) is 5.08. The summed E-state index contributed by atoms with van der Waals surface area (Å²) in [5, 5.41) is 11.6. The Hall–Kier alpha value is -0.470. The molecule has 1 aromatic carbocycles. The minimum absolute atomic E-state index is 0.185. The zero-order valence-electron chi connectivity index (χ0n) is 10.9. The van der Waals surface area contributed by atoms with Gasteiger partial charge in [-0.15, -0.1) is 10.2 Å². The van der Waals surface area contributed by atoms with Crippen LogP contribution in [-0.4, -0.2) is 27.6 Å². The van der Waals surface area contributed by atoms with E-state index in [2.05, 4.69) is 22.4 Å². The van der Waals surface area contributed by atoms with Gasteiger partial charge in [0, 0.05) is 0 Å². The van der Waals surface area contributed by atoms with E-state index < -0.39 is 0 Å². The van der Waals surface area contributed by atoms with Crippen molar-refractivity contribution in [3.05, 3.63) is 28.2 Å². The molecule has 0 aliphatic heterocycles. The van der Waals surface area contributed by atoms with E-state index in [4.69, 9.17) is 23.2 Å². The van der Waals surface area contributed by atoms with Crippen molar-refractivity contribution in [1.29, 1.82) is 0 Å². The Balaban J connectivity index is 1.90. The predicted octanol–water partition coefficient (Wildman–Crippen LogP) is 4.69. The summed E-state index contributed by atoms with van der Waals surface area (Å²) < 4.78 is 1.68. The van der Waals surface area contributed by atoms with Gasteiger partial charge in [-0.2, -0.15) is 0 Å². The quantitative estimate of drug-likeness (QED) is 0.737. The molecule has 21 heavy (non-hydrogen) atoms. The van der Waals surface area contributed by atoms with E-state index in [1.165, 1.54) is 23.1 Å². The first kappa shape index (κ1) is 16.9. The molecule has 0 atom stereocenters. The fraction of sp³-hybridized carbons (Fsp3) is 0.250. The second-order valence-corrected chi connectivity index (χ2v) is 8.23. The van der Waals surface area contributed by atoms with Gasteiger partial charge in [0.1, 0.15) is 0 Å². The van der Waals surface area contributed by atoms with Gasteiger partial charge < -0.3 is 5.32 Å². The number of nitrogens with one attached hydrogen (secondary N) is 1. The van der Waals surface area contributed by atoms with Crippen LogP contribution >= 0.6 is 58.1 Å². The Morgan fingerprint density at radius 3 is 2.48 bits per heavy atom. The number of nitrogens with zero attached hydrogens (tertiary/aromatic N) is 2.